The molecule has 1 aromatic heterocycles. The van der Waals surface area contributed by atoms with Gasteiger partial charge < -0.3 is 9.47 Å². The van der Waals surface area contributed by atoms with Crippen molar-refractivity contribution < 1.29 is 18.7 Å². The molecule has 138 valence electrons. The molecular formula is C21H24FNO3. The van der Waals surface area contributed by atoms with Crippen molar-refractivity contribution in [1.82, 2.24) is 4.98 Å². The molecular weight excluding hydrogens is 333 g/mol. The van der Waals surface area contributed by atoms with Gasteiger partial charge in [0, 0.05) is 16.5 Å². The van der Waals surface area contributed by atoms with E-state index in [0.717, 1.165) is 17.5 Å². The van der Waals surface area contributed by atoms with Crippen molar-refractivity contribution in [2.24, 2.45) is 5.41 Å². The maximum atomic E-state index is 14.8. The van der Waals surface area contributed by atoms with Crippen molar-refractivity contribution in [2.45, 2.75) is 40.5 Å². The number of carbonyl (C=O) groups excluding carboxylic acids is 1. The number of aromatic nitrogens is 1. The number of ether oxygens (including phenoxy) is 2. The van der Waals surface area contributed by atoms with Gasteiger partial charge in [-0.05, 0) is 43.0 Å². The van der Waals surface area contributed by atoms with Gasteiger partial charge in [-0.25, -0.2) is 14.2 Å². The predicted molar refractivity (Wildman–Crippen MR) is 97.9 cm³/mol. The molecule has 0 radical (unpaired) electrons. The van der Waals surface area contributed by atoms with Crippen LogP contribution in [0.4, 0.5) is 4.39 Å². The quantitative estimate of drug-likeness (QED) is 0.751. The number of benzene rings is 1. The monoisotopic (exact) mass is 357 g/mol. The molecule has 4 nitrogen and oxygen atoms in total. The Balaban J connectivity index is 2.18. The summed E-state index contributed by atoms with van der Waals surface area (Å²) in [5.74, 6) is -0.449. The Hall–Kier alpha value is -2.43. The highest BCUT2D eigenvalue weighted by atomic mass is 19.1. The van der Waals surface area contributed by atoms with E-state index >= 15 is 0 Å². The van der Waals surface area contributed by atoms with Crippen LogP contribution in [0.1, 0.15) is 49.3 Å². The zero-order valence-corrected chi connectivity index (χ0v) is 15.7. The van der Waals surface area contributed by atoms with Gasteiger partial charge in [-0.2, -0.15) is 0 Å². The molecule has 1 aromatic carbocycles. The number of nitrogens with zero attached hydrogens (tertiary/aromatic N) is 1. The Morgan fingerprint density at radius 3 is 2.69 bits per heavy atom. The topological polar surface area (TPSA) is 48.4 Å². The number of aryl methyl sites for hydroxylation is 1. The maximum absolute atomic E-state index is 14.8. The first-order valence-electron chi connectivity index (χ1n) is 8.97. The number of hydrogen-bond donors (Lipinski definition) is 0. The lowest BCUT2D eigenvalue weighted by atomic mass is 9.82. The molecule has 0 saturated heterocycles. The maximum Gasteiger partial charge on any atom is 0.357 e. The molecule has 3 rings (SSSR count). The lowest BCUT2D eigenvalue weighted by Crippen LogP contribution is -2.30. The molecule has 0 N–H and O–H groups in total. The normalized spacial score (nSPS) is 15.1. The zero-order valence-electron chi connectivity index (χ0n) is 15.7. The largest absolute Gasteiger partial charge is 0.477 e. The number of fused-ring (bicyclic) bond motifs is 1. The van der Waals surface area contributed by atoms with E-state index in [1.165, 1.54) is 0 Å². The molecule has 0 saturated carbocycles. The molecule has 2 heterocycles. The standard InChI is InChI=1S/C21H24FNO3/c1-5-13-7-8-14(17(22)9-13)15-10-18(20(24)25-6-2)23-19-16(15)11-21(3,4)12-26-19/h7-10H,5-6,11-12H2,1-4H3. The molecule has 0 amide bonds. The van der Waals surface area contributed by atoms with Gasteiger partial charge in [0.25, 0.3) is 0 Å². The lowest BCUT2D eigenvalue weighted by Gasteiger charge is -2.32. The Morgan fingerprint density at radius 1 is 1.27 bits per heavy atom. The molecule has 0 bridgehead atoms. The highest BCUT2D eigenvalue weighted by Gasteiger charge is 2.31. The fourth-order valence-corrected chi connectivity index (χ4v) is 3.18. The molecule has 0 aliphatic carbocycles. The third-order valence-corrected chi connectivity index (χ3v) is 4.56. The summed E-state index contributed by atoms with van der Waals surface area (Å²) in [6.07, 6.45) is 1.46. The average Bonchev–Trinajstić information content (AvgIpc) is 2.60. The van der Waals surface area contributed by atoms with Crippen molar-refractivity contribution in [1.29, 1.82) is 0 Å². The summed E-state index contributed by atoms with van der Waals surface area (Å²) in [7, 11) is 0. The van der Waals surface area contributed by atoms with Crippen LogP contribution in [0, 0.1) is 11.2 Å². The summed E-state index contributed by atoms with van der Waals surface area (Å²) in [6, 6.07) is 6.83. The third kappa shape index (κ3) is 3.57. The van der Waals surface area contributed by atoms with Crippen LogP contribution >= 0.6 is 0 Å². The van der Waals surface area contributed by atoms with Crippen LogP contribution in [-0.4, -0.2) is 24.2 Å². The van der Waals surface area contributed by atoms with E-state index in [9.17, 15) is 9.18 Å². The van der Waals surface area contributed by atoms with E-state index in [4.69, 9.17) is 9.47 Å². The second-order valence-electron chi connectivity index (χ2n) is 7.36. The van der Waals surface area contributed by atoms with Gasteiger partial charge in [0.1, 0.15) is 5.82 Å². The van der Waals surface area contributed by atoms with E-state index in [2.05, 4.69) is 18.8 Å². The molecule has 1 aliphatic heterocycles. The van der Waals surface area contributed by atoms with Crippen molar-refractivity contribution in [3.63, 3.8) is 0 Å². The number of hydrogen-bond acceptors (Lipinski definition) is 4. The number of esters is 1. The van der Waals surface area contributed by atoms with Gasteiger partial charge in [0.15, 0.2) is 5.69 Å². The van der Waals surface area contributed by atoms with Crippen LogP contribution < -0.4 is 4.74 Å². The summed E-state index contributed by atoms with van der Waals surface area (Å²) in [5.41, 5.74) is 2.90. The lowest BCUT2D eigenvalue weighted by molar-refractivity contribution is 0.0517. The van der Waals surface area contributed by atoms with E-state index in [0.29, 0.717) is 30.0 Å². The van der Waals surface area contributed by atoms with Crippen molar-refractivity contribution in [3.05, 3.63) is 46.9 Å². The summed E-state index contributed by atoms with van der Waals surface area (Å²) < 4.78 is 25.7. The number of pyridine rings is 1. The summed E-state index contributed by atoms with van der Waals surface area (Å²) in [6.45, 7) is 8.65. The molecule has 0 unspecified atom stereocenters. The smallest absolute Gasteiger partial charge is 0.357 e. The SMILES string of the molecule is CCOC(=O)c1cc(-c2ccc(CC)cc2F)c2c(n1)OCC(C)(C)C2. The minimum Gasteiger partial charge on any atom is -0.477 e. The van der Waals surface area contributed by atoms with Crippen LogP contribution in [0.3, 0.4) is 0 Å². The fraction of sp³-hybridized carbons (Fsp3) is 0.429. The van der Waals surface area contributed by atoms with Gasteiger partial charge in [-0.15, -0.1) is 0 Å². The van der Waals surface area contributed by atoms with Crippen molar-refractivity contribution in [2.75, 3.05) is 13.2 Å². The van der Waals surface area contributed by atoms with E-state index in [1.807, 2.05) is 13.0 Å². The first-order chi connectivity index (χ1) is 12.3. The second kappa shape index (κ2) is 7.06. The Kier molecular flexibility index (Phi) is 4.99. The molecule has 2 aromatic rings. The van der Waals surface area contributed by atoms with Gasteiger partial charge in [0.2, 0.25) is 5.88 Å². The van der Waals surface area contributed by atoms with Gasteiger partial charge in [-0.1, -0.05) is 32.9 Å². The van der Waals surface area contributed by atoms with Gasteiger partial charge >= 0.3 is 5.97 Å². The number of halogens is 1. The zero-order chi connectivity index (χ0) is 18.9. The average molecular weight is 357 g/mol. The Morgan fingerprint density at radius 2 is 2.04 bits per heavy atom. The molecule has 0 spiro atoms. The molecule has 0 fully saturated rings. The van der Waals surface area contributed by atoms with Gasteiger partial charge in [-0.3, -0.25) is 0 Å². The summed E-state index contributed by atoms with van der Waals surface area (Å²) in [5, 5.41) is 0. The first kappa shape index (κ1) is 18.4. The second-order valence-corrected chi connectivity index (χ2v) is 7.36. The molecule has 1 aliphatic rings. The first-order valence-corrected chi connectivity index (χ1v) is 8.97. The van der Waals surface area contributed by atoms with Crippen LogP contribution in [0.5, 0.6) is 5.88 Å². The highest BCUT2D eigenvalue weighted by molar-refractivity contribution is 5.90. The molecule has 5 heteroatoms. The van der Waals surface area contributed by atoms with Gasteiger partial charge in [0.05, 0.1) is 13.2 Å². The van der Waals surface area contributed by atoms with Crippen LogP contribution in [0.15, 0.2) is 24.3 Å². The molecule has 26 heavy (non-hydrogen) atoms. The van der Waals surface area contributed by atoms with Crippen LogP contribution in [0.25, 0.3) is 11.1 Å². The number of carbonyl (C=O) groups is 1. The summed E-state index contributed by atoms with van der Waals surface area (Å²) in [4.78, 5) is 16.5. The van der Waals surface area contributed by atoms with Crippen molar-refractivity contribution in [3.8, 4) is 17.0 Å². The van der Waals surface area contributed by atoms with E-state index in [1.54, 1.807) is 25.1 Å². The highest BCUT2D eigenvalue weighted by Crippen LogP contribution is 2.40. The Bertz CT molecular complexity index is 845. The summed E-state index contributed by atoms with van der Waals surface area (Å²) >= 11 is 0. The minimum atomic E-state index is -0.532. The minimum absolute atomic E-state index is 0.0886. The predicted octanol–water partition coefficient (Wildman–Crippen LogP) is 4.59. The van der Waals surface area contributed by atoms with Crippen LogP contribution in [0.2, 0.25) is 0 Å². The van der Waals surface area contributed by atoms with E-state index < -0.39 is 5.97 Å². The van der Waals surface area contributed by atoms with Crippen molar-refractivity contribution >= 4 is 5.97 Å². The van der Waals surface area contributed by atoms with E-state index in [-0.39, 0.29) is 23.5 Å². The van der Waals surface area contributed by atoms with Crippen LogP contribution in [-0.2, 0) is 17.6 Å². The third-order valence-electron chi connectivity index (χ3n) is 4.56. The number of rotatable bonds is 4. The Labute approximate surface area is 153 Å². The fourth-order valence-electron chi connectivity index (χ4n) is 3.18. The molecule has 0 atom stereocenters.